The molecule has 130 valence electrons. The molecule has 0 fully saturated rings. The van der Waals surface area contributed by atoms with Crippen LogP contribution in [0.25, 0.3) is 0 Å². The van der Waals surface area contributed by atoms with Crippen molar-refractivity contribution in [3.63, 3.8) is 0 Å². The van der Waals surface area contributed by atoms with Crippen molar-refractivity contribution in [3.05, 3.63) is 29.8 Å². The van der Waals surface area contributed by atoms with E-state index >= 15 is 0 Å². The molecule has 1 rings (SSSR count). The van der Waals surface area contributed by atoms with Crippen LogP contribution in [0.2, 0.25) is 0 Å². The van der Waals surface area contributed by atoms with Crippen molar-refractivity contribution in [3.8, 4) is 5.75 Å². The molecule has 1 aromatic carbocycles. The van der Waals surface area contributed by atoms with E-state index in [1.54, 1.807) is 7.05 Å². The van der Waals surface area contributed by atoms with Gasteiger partial charge < -0.3 is 20.3 Å². The Bertz CT molecular complexity index is 460. The highest BCUT2D eigenvalue weighted by molar-refractivity contribution is 5.79. The van der Waals surface area contributed by atoms with Crippen LogP contribution in [0.5, 0.6) is 5.75 Å². The number of unbranched alkanes of at least 4 members (excludes halogenated alkanes) is 2. The van der Waals surface area contributed by atoms with Gasteiger partial charge in [0.05, 0.1) is 0 Å². The van der Waals surface area contributed by atoms with Gasteiger partial charge in [-0.15, -0.1) is 0 Å². The summed E-state index contributed by atoms with van der Waals surface area (Å²) in [6, 6.07) is 8.19. The van der Waals surface area contributed by atoms with Gasteiger partial charge in [-0.1, -0.05) is 31.9 Å². The number of hydrogen-bond acceptors (Lipinski definition) is 3. The van der Waals surface area contributed by atoms with Crippen LogP contribution in [0.4, 0.5) is 0 Å². The molecule has 0 amide bonds. The fraction of sp³-hybridized carbons (Fsp3) is 0.611. The lowest BCUT2D eigenvalue weighted by Gasteiger charge is -2.13. The number of nitrogens with zero attached hydrogens (tertiary/aromatic N) is 2. The van der Waals surface area contributed by atoms with Crippen LogP contribution in [-0.4, -0.2) is 51.7 Å². The standard InChI is InChI=1S/C18H32N4O/c1-5-6-7-11-20-18(19-2)21-15-16-9-8-10-17(14-16)23-13-12-22(3)4/h8-10,14H,5-7,11-13,15H2,1-4H3,(H2,19,20,21). The van der Waals surface area contributed by atoms with Gasteiger partial charge in [-0.25, -0.2) is 0 Å². The van der Waals surface area contributed by atoms with Crippen molar-refractivity contribution in [1.82, 2.24) is 15.5 Å². The van der Waals surface area contributed by atoms with E-state index < -0.39 is 0 Å². The quantitative estimate of drug-likeness (QED) is 0.395. The van der Waals surface area contributed by atoms with Crippen LogP contribution in [0, 0.1) is 0 Å². The van der Waals surface area contributed by atoms with Gasteiger partial charge in [-0.3, -0.25) is 4.99 Å². The second kappa shape index (κ2) is 11.8. The van der Waals surface area contributed by atoms with E-state index in [1.807, 2.05) is 26.2 Å². The lowest BCUT2D eigenvalue weighted by Crippen LogP contribution is -2.37. The number of likely N-dealkylation sites (N-methyl/N-ethyl adjacent to an activating group) is 1. The van der Waals surface area contributed by atoms with Gasteiger partial charge in [0.1, 0.15) is 12.4 Å². The summed E-state index contributed by atoms with van der Waals surface area (Å²) in [5, 5.41) is 6.68. The van der Waals surface area contributed by atoms with Gasteiger partial charge >= 0.3 is 0 Å². The maximum atomic E-state index is 5.77. The van der Waals surface area contributed by atoms with E-state index in [-0.39, 0.29) is 0 Å². The van der Waals surface area contributed by atoms with Crippen LogP contribution in [-0.2, 0) is 6.54 Å². The molecule has 0 aliphatic heterocycles. The minimum absolute atomic E-state index is 0.699. The minimum Gasteiger partial charge on any atom is -0.492 e. The molecule has 0 atom stereocenters. The molecule has 5 heteroatoms. The topological polar surface area (TPSA) is 48.9 Å². The number of rotatable bonds is 10. The van der Waals surface area contributed by atoms with Gasteiger partial charge in [-0.05, 0) is 38.2 Å². The highest BCUT2D eigenvalue weighted by atomic mass is 16.5. The Labute approximate surface area is 141 Å². The van der Waals surface area contributed by atoms with Crippen molar-refractivity contribution in [2.75, 3.05) is 40.8 Å². The zero-order chi connectivity index (χ0) is 16.9. The van der Waals surface area contributed by atoms with Crippen LogP contribution in [0.15, 0.2) is 29.3 Å². The summed E-state index contributed by atoms with van der Waals surface area (Å²) in [7, 11) is 5.89. The Balaban J connectivity index is 2.38. The van der Waals surface area contributed by atoms with Crippen molar-refractivity contribution < 1.29 is 4.74 Å². The molecular weight excluding hydrogens is 288 g/mol. The number of nitrogens with one attached hydrogen (secondary N) is 2. The zero-order valence-corrected chi connectivity index (χ0v) is 15.1. The zero-order valence-electron chi connectivity index (χ0n) is 15.1. The van der Waals surface area contributed by atoms with Gasteiger partial charge in [0.2, 0.25) is 0 Å². The summed E-state index contributed by atoms with van der Waals surface area (Å²) in [6.07, 6.45) is 3.65. The van der Waals surface area contributed by atoms with Crippen LogP contribution < -0.4 is 15.4 Å². The van der Waals surface area contributed by atoms with Crippen molar-refractivity contribution in [1.29, 1.82) is 0 Å². The Kier molecular flexibility index (Phi) is 9.87. The van der Waals surface area contributed by atoms with E-state index in [4.69, 9.17) is 4.74 Å². The summed E-state index contributed by atoms with van der Waals surface area (Å²) in [5.41, 5.74) is 1.18. The lowest BCUT2D eigenvalue weighted by molar-refractivity contribution is 0.261. The Hall–Kier alpha value is -1.75. The minimum atomic E-state index is 0.699. The smallest absolute Gasteiger partial charge is 0.191 e. The monoisotopic (exact) mass is 320 g/mol. The molecular formula is C18H32N4O. The number of guanidine groups is 1. The average molecular weight is 320 g/mol. The fourth-order valence-corrected chi connectivity index (χ4v) is 2.08. The van der Waals surface area contributed by atoms with E-state index in [0.29, 0.717) is 6.61 Å². The molecule has 0 saturated heterocycles. The SMILES string of the molecule is CCCCCNC(=NC)NCc1cccc(OCCN(C)C)c1. The second-order valence-electron chi connectivity index (χ2n) is 5.86. The number of hydrogen-bond donors (Lipinski definition) is 2. The van der Waals surface area contributed by atoms with E-state index in [9.17, 15) is 0 Å². The molecule has 0 aliphatic rings. The predicted octanol–water partition coefficient (Wildman–Crippen LogP) is 2.48. The van der Waals surface area contributed by atoms with Gasteiger partial charge in [0, 0.05) is 26.7 Å². The molecule has 0 radical (unpaired) electrons. The molecule has 0 aliphatic carbocycles. The van der Waals surface area contributed by atoms with E-state index in [0.717, 1.165) is 31.3 Å². The molecule has 2 N–H and O–H groups in total. The molecule has 5 nitrogen and oxygen atoms in total. The van der Waals surface area contributed by atoms with E-state index in [1.165, 1.54) is 24.8 Å². The third kappa shape index (κ3) is 9.08. The van der Waals surface area contributed by atoms with Crippen molar-refractivity contribution in [2.45, 2.75) is 32.7 Å². The van der Waals surface area contributed by atoms with Gasteiger partial charge in [0.15, 0.2) is 5.96 Å². The maximum absolute atomic E-state index is 5.77. The Morgan fingerprint density at radius 1 is 1.22 bits per heavy atom. The third-order valence-electron chi connectivity index (χ3n) is 3.46. The molecule has 0 saturated carbocycles. The van der Waals surface area contributed by atoms with Gasteiger partial charge in [-0.2, -0.15) is 0 Å². The normalized spacial score (nSPS) is 11.6. The molecule has 0 unspecified atom stereocenters. The van der Waals surface area contributed by atoms with E-state index in [2.05, 4.69) is 39.6 Å². The van der Waals surface area contributed by atoms with Crippen LogP contribution >= 0.6 is 0 Å². The first-order valence-corrected chi connectivity index (χ1v) is 8.46. The Morgan fingerprint density at radius 3 is 2.74 bits per heavy atom. The summed E-state index contributed by atoms with van der Waals surface area (Å²) in [4.78, 5) is 6.36. The predicted molar refractivity (Wildman–Crippen MR) is 98.2 cm³/mol. The van der Waals surface area contributed by atoms with Crippen LogP contribution in [0.1, 0.15) is 31.7 Å². The summed E-state index contributed by atoms with van der Waals surface area (Å²) >= 11 is 0. The third-order valence-corrected chi connectivity index (χ3v) is 3.46. The molecule has 0 aromatic heterocycles. The lowest BCUT2D eigenvalue weighted by atomic mass is 10.2. The summed E-state index contributed by atoms with van der Waals surface area (Å²) in [5.74, 6) is 1.76. The largest absolute Gasteiger partial charge is 0.492 e. The average Bonchev–Trinajstić information content (AvgIpc) is 2.54. The number of benzene rings is 1. The summed E-state index contributed by atoms with van der Waals surface area (Å²) < 4.78 is 5.77. The number of aliphatic imine (C=N–C) groups is 1. The van der Waals surface area contributed by atoms with Gasteiger partial charge in [0.25, 0.3) is 0 Å². The first-order chi connectivity index (χ1) is 11.2. The highest BCUT2D eigenvalue weighted by Crippen LogP contribution is 2.13. The highest BCUT2D eigenvalue weighted by Gasteiger charge is 2.00. The fourth-order valence-electron chi connectivity index (χ4n) is 2.08. The molecule has 23 heavy (non-hydrogen) atoms. The number of ether oxygens (including phenoxy) is 1. The first-order valence-electron chi connectivity index (χ1n) is 8.46. The Morgan fingerprint density at radius 2 is 2.04 bits per heavy atom. The van der Waals surface area contributed by atoms with Crippen LogP contribution in [0.3, 0.4) is 0 Å². The molecule has 0 spiro atoms. The first kappa shape index (κ1) is 19.3. The molecule has 0 bridgehead atoms. The maximum Gasteiger partial charge on any atom is 0.191 e. The second-order valence-corrected chi connectivity index (χ2v) is 5.86. The molecule has 0 heterocycles. The van der Waals surface area contributed by atoms with Crippen molar-refractivity contribution in [2.24, 2.45) is 4.99 Å². The summed E-state index contributed by atoms with van der Waals surface area (Å²) in [6.45, 7) is 5.52. The van der Waals surface area contributed by atoms with Crippen molar-refractivity contribution >= 4 is 5.96 Å². The molecule has 1 aromatic rings.